The van der Waals surface area contributed by atoms with Crippen LogP contribution in [0.15, 0.2) is 10.5 Å². The average molecular weight is 504 g/mol. The van der Waals surface area contributed by atoms with Crippen LogP contribution in [-0.4, -0.2) is 32.9 Å². The molecule has 0 bridgehead atoms. The van der Waals surface area contributed by atoms with E-state index < -0.39 is 27.7 Å². The molecule has 0 unspecified atom stereocenters. The van der Waals surface area contributed by atoms with Gasteiger partial charge in [-0.05, 0) is 70.6 Å². The first-order valence-electron chi connectivity index (χ1n) is 10.4. The first kappa shape index (κ1) is 25.1. The highest BCUT2D eigenvalue weighted by molar-refractivity contribution is 9.10. The minimum absolute atomic E-state index is 0.121. The second kappa shape index (κ2) is 10.0. The fraction of sp³-hybridized carbons (Fsp3) is 0.682. The van der Waals surface area contributed by atoms with E-state index in [9.17, 15) is 13.2 Å². The largest absolute Gasteiger partial charge is 0.467 e. The molecule has 0 saturated heterocycles. The molecule has 6 nitrogen and oxygen atoms in total. The monoisotopic (exact) mass is 503 g/mol. The fourth-order valence-electron chi connectivity index (χ4n) is 3.89. The molecule has 0 amide bonds. The van der Waals surface area contributed by atoms with Crippen LogP contribution < -0.4 is 4.72 Å². The van der Waals surface area contributed by atoms with Crippen LogP contribution in [0.1, 0.15) is 75.7 Å². The maximum atomic E-state index is 12.9. The number of nitrogens with one attached hydrogen (secondary N) is 1. The Balaban J connectivity index is 2.42. The molecule has 1 fully saturated rings. The smallest absolute Gasteiger partial charge is 0.339 e. The minimum Gasteiger partial charge on any atom is -0.467 e. The van der Waals surface area contributed by atoms with Crippen molar-refractivity contribution in [3.63, 3.8) is 0 Å². The summed E-state index contributed by atoms with van der Waals surface area (Å²) in [6.45, 7) is 9.22. The number of hydrogen-bond acceptors (Lipinski definition) is 5. The summed E-state index contributed by atoms with van der Waals surface area (Å²) in [7, 11) is -2.20. The molecule has 1 N–H and O–H groups in total. The van der Waals surface area contributed by atoms with Crippen molar-refractivity contribution in [1.82, 2.24) is 0 Å². The van der Waals surface area contributed by atoms with Crippen molar-refractivity contribution in [2.45, 2.75) is 78.4 Å². The summed E-state index contributed by atoms with van der Waals surface area (Å²) in [5.41, 5.74) is 1.88. The summed E-state index contributed by atoms with van der Waals surface area (Å²) in [5.74, 6) is -0.217. The van der Waals surface area contributed by atoms with E-state index in [0.717, 1.165) is 31.2 Å². The Morgan fingerprint density at radius 1 is 1.23 bits per heavy atom. The number of anilines is 1. The molecule has 170 valence electrons. The predicted octanol–water partition coefficient (Wildman–Crippen LogP) is 5.42. The van der Waals surface area contributed by atoms with Gasteiger partial charge in [0.25, 0.3) is 0 Å². The van der Waals surface area contributed by atoms with E-state index in [1.807, 2.05) is 27.7 Å². The van der Waals surface area contributed by atoms with Crippen molar-refractivity contribution in [2.75, 3.05) is 17.6 Å². The number of carbonyl (C=O) groups is 1. The van der Waals surface area contributed by atoms with Crippen LogP contribution in [0.4, 0.5) is 5.69 Å². The van der Waals surface area contributed by atoms with Gasteiger partial charge in [0.1, 0.15) is 0 Å². The van der Waals surface area contributed by atoms with Crippen molar-refractivity contribution in [1.29, 1.82) is 0 Å². The molecule has 1 aliphatic carbocycles. The Kier molecular flexibility index (Phi) is 8.38. The molecule has 1 atom stereocenters. The summed E-state index contributed by atoms with van der Waals surface area (Å²) in [4.78, 5) is 12.6. The summed E-state index contributed by atoms with van der Waals surface area (Å²) in [6.07, 6.45) is 4.28. The quantitative estimate of drug-likeness (QED) is 0.502. The third kappa shape index (κ3) is 6.69. The molecule has 1 aliphatic rings. The van der Waals surface area contributed by atoms with Crippen molar-refractivity contribution < 1.29 is 22.7 Å². The van der Waals surface area contributed by atoms with Crippen LogP contribution in [0.3, 0.4) is 0 Å². The number of esters is 1. The maximum absolute atomic E-state index is 12.9. The molecule has 30 heavy (non-hydrogen) atoms. The maximum Gasteiger partial charge on any atom is 0.339 e. The third-order valence-corrected chi connectivity index (χ3v) is 7.84. The van der Waals surface area contributed by atoms with Crippen molar-refractivity contribution >= 4 is 37.6 Å². The molecular formula is C22H34BrNO5S. The lowest BCUT2D eigenvalue weighted by Gasteiger charge is -2.29. The zero-order valence-electron chi connectivity index (χ0n) is 18.8. The van der Waals surface area contributed by atoms with Gasteiger partial charge in [-0.3, -0.25) is 4.72 Å². The van der Waals surface area contributed by atoms with Crippen LogP contribution >= 0.6 is 15.9 Å². The van der Waals surface area contributed by atoms with Gasteiger partial charge in [-0.15, -0.1) is 0 Å². The van der Waals surface area contributed by atoms with Crippen LogP contribution in [0.5, 0.6) is 0 Å². The SMILES string of the molecule is COC(=O)[C@@H](OC(C)(C)C)c1c(C)c(NS(=O)(=O)CC2CCCCC2)cc(C)c1Br. The number of rotatable bonds is 7. The van der Waals surface area contributed by atoms with Gasteiger partial charge in [0.2, 0.25) is 10.0 Å². The van der Waals surface area contributed by atoms with Gasteiger partial charge in [0, 0.05) is 10.0 Å². The highest BCUT2D eigenvalue weighted by Gasteiger charge is 2.33. The normalized spacial score (nSPS) is 16.9. The van der Waals surface area contributed by atoms with Crippen molar-refractivity contribution in [3.05, 3.63) is 27.2 Å². The molecule has 2 rings (SSSR count). The highest BCUT2D eigenvalue weighted by Crippen LogP contribution is 2.39. The topological polar surface area (TPSA) is 81.7 Å². The van der Waals surface area contributed by atoms with Gasteiger partial charge >= 0.3 is 5.97 Å². The minimum atomic E-state index is -3.51. The Morgan fingerprint density at radius 3 is 2.37 bits per heavy atom. The second-order valence-corrected chi connectivity index (χ2v) is 11.7. The molecule has 0 aromatic heterocycles. The Morgan fingerprint density at radius 2 is 1.83 bits per heavy atom. The van der Waals surface area contributed by atoms with E-state index in [1.54, 1.807) is 13.0 Å². The van der Waals surface area contributed by atoms with Gasteiger partial charge in [0.05, 0.1) is 24.2 Å². The van der Waals surface area contributed by atoms with E-state index in [1.165, 1.54) is 13.5 Å². The van der Waals surface area contributed by atoms with Crippen molar-refractivity contribution in [2.24, 2.45) is 5.92 Å². The predicted molar refractivity (Wildman–Crippen MR) is 123 cm³/mol. The van der Waals surface area contributed by atoms with E-state index in [4.69, 9.17) is 9.47 Å². The van der Waals surface area contributed by atoms with E-state index in [-0.39, 0.29) is 11.7 Å². The Labute approximate surface area is 189 Å². The lowest BCUT2D eigenvalue weighted by atomic mass is 9.91. The molecular weight excluding hydrogens is 470 g/mol. The Bertz CT molecular complexity index is 870. The number of methoxy groups -OCH3 is 1. The molecule has 1 aromatic rings. The molecule has 0 spiro atoms. The highest BCUT2D eigenvalue weighted by atomic mass is 79.9. The zero-order valence-corrected chi connectivity index (χ0v) is 21.2. The summed E-state index contributed by atoms with van der Waals surface area (Å²) < 4.78 is 40.2. The van der Waals surface area contributed by atoms with Crippen LogP contribution in [0.25, 0.3) is 0 Å². The van der Waals surface area contributed by atoms with Gasteiger partial charge in [-0.2, -0.15) is 0 Å². The first-order chi connectivity index (χ1) is 13.8. The zero-order chi connectivity index (χ0) is 22.7. The molecule has 1 aromatic carbocycles. The summed E-state index contributed by atoms with van der Waals surface area (Å²) in [6, 6.07) is 1.78. The average Bonchev–Trinajstić information content (AvgIpc) is 2.64. The fourth-order valence-corrected chi connectivity index (χ4v) is 6.09. The molecule has 8 heteroatoms. The molecule has 0 aliphatic heterocycles. The lowest BCUT2D eigenvalue weighted by molar-refractivity contribution is -0.164. The van der Waals surface area contributed by atoms with Crippen LogP contribution in [0, 0.1) is 19.8 Å². The molecule has 1 saturated carbocycles. The van der Waals surface area contributed by atoms with E-state index in [0.29, 0.717) is 21.3 Å². The number of hydrogen-bond donors (Lipinski definition) is 1. The standard InChI is InChI=1S/C22H34BrNO5S/c1-14-12-17(24-30(26,27)13-16-10-8-7-9-11-16)15(2)18(19(14)23)20(21(25)28-6)29-22(3,4)5/h12,16,20,24H,7-11,13H2,1-6H3/t20-/m0/s1. The van der Waals surface area contributed by atoms with Crippen molar-refractivity contribution in [3.8, 4) is 0 Å². The number of halogens is 1. The number of aryl methyl sites for hydroxylation is 1. The summed E-state index contributed by atoms with van der Waals surface area (Å²) in [5, 5.41) is 0. The molecule has 0 heterocycles. The van der Waals surface area contributed by atoms with Crippen LogP contribution in [-0.2, 0) is 24.3 Å². The van der Waals surface area contributed by atoms with E-state index in [2.05, 4.69) is 20.7 Å². The summed E-state index contributed by atoms with van der Waals surface area (Å²) >= 11 is 3.57. The van der Waals surface area contributed by atoms with Gasteiger partial charge in [-0.1, -0.05) is 35.2 Å². The van der Waals surface area contributed by atoms with Gasteiger partial charge in [0.15, 0.2) is 6.10 Å². The van der Waals surface area contributed by atoms with Crippen LogP contribution in [0.2, 0.25) is 0 Å². The third-order valence-electron chi connectivity index (χ3n) is 5.35. The lowest BCUT2D eigenvalue weighted by Crippen LogP contribution is -2.29. The van der Waals surface area contributed by atoms with Gasteiger partial charge < -0.3 is 9.47 Å². The van der Waals surface area contributed by atoms with E-state index >= 15 is 0 Å². The first-order valence-corrected chi connectivity index (χ1v) is 12.8. The number of sulfonamides is 1. The Hall–Kier alpha value is -1.12. The number of carbonyl (C=O) groups excluding carboxylic acids is 1. The molecule has 0 radical (unpaired) electrons. The second-order valence-electron chi connectivity index (χ2n) is 9.11. The van der Waals surface area contributed by atoms with Gasteiger partial charge in [-0.25, -0.2) is 13.2 Å². The number of benzene rings is 1. The number of ether oxygens (including phenoxy) is 2.